The average molecular weight is 348 g/mol. The maximum absolute atomic E-state index is 12.8. The zero-order chi connectivity index (χ0) is 14.8. The van der Waals surface area contributed by atoms with Crippen molar-refractivity contribution in [2.24, 2.45) is 0 Å². The second-order valence-electron chi connectivity index (χ2n) is 3.40. The lowest BCUT2D eigenvalue weighted by Crippen LogP contribution is -2.17. The molecule has 9 heteroatoms. The van der Waals surface area contributed by atoms with Crippen LogP contribution in [-0.4, -0.2) is 18.1 Å². The van der Waals surface area contributed by atoms with Gasteiger partial charge in [-0.25, -0.2) is 8.78 Å². The number of carbonyl (C=O) groups is 1. The molecule has 0 radical (unpaired) electrons. The molecule has 0 aliphatic carbocycles. The van der Waals surface area contributed by atoms with Gasteiger partial charge in [-0.1, -0.05) is 15.9 Å². The van der Waals surface area contributed by atoms with Crippen LogP contribution in [-0.2, 0) is 22.1 Å². The quantitative estimate of drug-likeness (QED) is 0.620. The molecule has 1 aromatic rings. The molecule has 1 aromatic heterocycles. The maximum Gasteiger partial charge on any atom is 0.419 e. The number of pyridine rings is 1. The van der Waals surface area contributed by atoms with Crippen LogP contribution >= 0.6 is 15.9 Å². The molecule has 0 unspecified atom stereocenters. The monoisotopic (exact) mass is 347 g/mol. The van der Waals surface area contributed by atoms with E-state index in [9.17, 15) is 26.7 Å². The second kappa shape index (κ2) is 5.81. The van der Waals surface area contributed by atoms with Gasteiger partial charge in [-0.15, -0.1) is 0 Å². The Kier molecular flexibility index (Phi) is 4.83. The minimum Gasteiger partial charge on any atom is -0.469 e. The van der Waals surface area contributed by atoms with E-state index in [1.807, 2.05) is 0 Å². The summed E-state index contributed by atoms with van der Waals surface area (Å²) in [5.41, 5.74) is -2.91. The minimum atomic E-state index is -4.82. The number of aromatic nitrogens is 1. The lowest BCUT2D eigenvalue weighted by atomic mass is 10.1. The summed E-state index contributed by atoms with van der Waals surface area (Å²) in [4.78, 5) is 14.2. The van der Waals surface area contributed by atoms with Gasteiger partial charge >= 0.3 is 12.1 Å². The number of esters is 1. The van der Waals surface area contributed by atoms with Crippen molar-refractivity contribution in [3.63, 3.8) is 0 Å². The molecule has 0 aliphatic heterocycles. The molecule has 0 N–H and O–H groups in total. The molecular formula is C10H7BrF5NO2. The molecule has 0 amide bonds. The summed E-state index contributed by atoms with van der Waals surface area (Å²) in [5.74, 6) is -1.00. The number of hydrogen-bond donors (Lipinski definition) is 0. The molecule has 106 valence electrons. The van der Waals surface area contributed by atoms with Crippen LogP contribution in [0.3, 0.4) is 0 Å². The van der Waals surface area contributed by atoms with Gasteiger partial charge in [0, 0.05) is 4.47 Å². The highest BCUT2D eigenvalue weighted by Crippen LogP contribution is 2.38. The first-order valence-corrected chi connectivity index (χ1v) is 5.57. The van der Waals surface area contributed by atoms with Crippen LogP contribution in [0.5, 0.6) is 0 Å². The van der Waals surface area contributed by atoms with Crippen molar-refractivity contribution in [1.82, 2.24) is 4.98 Å². The highest BCUT2D eigenvalue weighted by Gasteiger charge is 2.38. The van der Waals surface area contributed by atoms with E-state index in [1.54, 1.807) is 0 Å². The Hall–Kier alpha value is -1.25. The van der Waals surface area contributed by atoms with E-state index in [0.29, 0.717) is 6.07 Å². The van der Waals surface area contributed by atoms with E-state index in [4.69, 9.17) is 0 Å². The highest BCUT2D eigenvalue weighted by molar-refractivity contribution is 9.10. The van der Waals surface area contributed by atoms with Crippen LogP contribution in [0, 0.1) is 0 Å². The summed E-state index contributed by atoms with van der Waals surface area (Å²) in [6.45, 7) is 0. The molecule has 0 aromatic carbocycles. The minimum absolute atomic E-state index is 0.578. The molecule has 0 atom stereocenters. The fourth-order valence-electron chi connectivity index (χ4n) is 1.33. The van der Waals surface area contributed by atoms with Crippen LogP contribution in [0.1, 0.15) is 23.4 Å². The Bertz CT molecular complexity index is 490. The Morgan fingerprint density at radius 1 is 1.47 bits per heavy atom. The van der Waals surface area contributed by atoms with Crippen LogP contribution in [0.2, 0.25) is 0 Å². The van der Waals surface area contributed by atoms with Gasteiger partial charge in [-0.3, -0.25) is 9.78 Å². The van der Waals surface area contributed by atoms with Crippen LogP contribution in [0.4, 0.5) is 22.0 Å². The normalized spacial score (nSPS) is 11.8. The van der Waals surface area contributed by atoms with Crippen molar-refractivity contribution in [1.29, 1.82) is 0 Å². The fourth-order valence-corrected chi connectivity index (χ4v) is 2.02. The third-order valence-electron chi connectivity index (χ3n) is 2.11. The van der Waals surface area contributed by atoms with Gasteiger partial charge in [-0.2, -0.15) is 13.2 Å². The highest BCUT2D eigenvalue weighted by atomic mass is 79.9. The number of methoxy groups -OCH3 is 1. The van der Waals surface area contributed by atoms with Crippen LogP contribution < -0.4 is 0 Å². The van der Waals surface area contributed by atoms with Gasteiger partial charge in [0.1, 0.15) is 5.69 Å². The first-order chi connectivity index (χ1) is 8.66. The molecule has 0 bridgehead atoms. The summed E-state index contributed by atoms with van der Waals surface area (Å²) in [5, 5.41) is 0. The van der Waals surface area contributed by atoms with Gasteiger partial charge in [0.2, 0.25) is 0 Å². The number of nitrogens with zero attached hydrogens (tertiary/aromatic N) is 1. The van der Waals surface area contributed by atoms with E-state index in [1.165, 1.54) is 0 Å². The average Bonchev–Trinajstić information content (AvgIpc) is 2.25. The van der Waals surface area contributed by atoms with E-state index >= 15 is 0 Å². The largest absolute Gasteiger partial charge is 0.469 e. The topological polar surface area (TPSA) is 39.2 Å². The molecule has 3 nitrogen and oxygen atoms in total. The second-order valence-corrected chi connectivity index (χ2v) is 4.26. The fraction of sp³-hybridized carbons (Fsp3) is 0.400. The van der Waals surface area contributed by atoms with Crippen molar-refractivity contribution in [2.75, 3.05) is 7.11 Å². The van der Waals surface area contributed by atoms with E-state index in [0.717, 1.165) is 7.11 Å². The summed E-state index contributed by atoms with van der Waals surface area (Å²) in [7, 11) is 0.974. The molecule has 0 saturated carbocycles. The molecule has 19 heavy (non-hydrogen) atoms. The molecule has 1 heterocycles. The van der Waals surface area contributed by atoms with Crippen molar-refractivity contribution < 1.29 is 31.5 Å². The summed E-state index contributed by atoms with van der Waals surface area (Å²) < 4.78 is 67.0. The van der Waals surface area contributed by atoms with Crippen molar-refractivity contribution in [2.45, 2.75) is 19.0 Å². The van der Waals surface area contributed by atoms with E-state index in [-0.39, 0.29) is 0 Å². The summed E-state index contributed by atoms with van der Waals surface area (Å²) in [6.07, 6.45) is -8.71. The zero-order valence-electron chi connectivity index (χ0n) is 9.39. The number of ether oxygens (including phenoxy) is 1. The molecular weight excluding hydrogens is 341 g/mol. The van der Waals surface area contributed by atoms with Crippen molar-refractivity contribution in [3.05, 3.63) is 27.5 Å². The lowest BCUT2D eigenvalue weighted by Gasteiger charge is -2.15. The zero-order valence-corrected chi connectivity index (χ0v) is 11.0. The summed E-state index contributed by atoms with van der Waals surface area (Å²) in [6, 6.07) is 0.578. The maximum atomic E-state index is 12.8. The predicted octanol–water partition coefficient (Wildman–Crippen LogP) is 3.52. The standard InChI is InChI=1S/C10H7BrF5NO2/c1-19-7(18)3-5-8(10(14,15)16)4(11)2-6(17-5)9(12)13/h2,9H,3H2,1H3. The molecule has 0 saturated heterocycles. The number of halogens is 6. The Morgan fingerprint density at radius 2 is 2.05 bits per heavy atom. The molecule has 1 rings (SSSR count). The van der Waals surface area contributed by atoms with Gasteiger partial charge < -0.3 is 4.74 Å². The van der Waals surface area contributed by atoms with Crippen molar-refractivity contribution in [3.8, 4) is 0 Å². The van der Waals surface area contributed by atoms with Gasteiger partial charge in [0.15, 0.2) is 0 Å². The van der Waals surface area contributed by atoms with Gasteiger partial charge in [0.05, 0.1) is 24.8 Å². The van der Waals surface area contributed by atoms with Gasteiger partial charge in [-0.05, 0) is 6.07 Å². The number of carbonyl (C=O) groups excluding carboxylic acids is 1. The van der Waals surface area contributed by atoms with E-state index in [2.05, 4.69) is 25.7 Å². The Morgan fingerprint density at radius 3 is 2.47 bits per heavy atom. The lowest BCUT2D eigenvalue weighted by molar-refractivity contribution is -0.142. The smallest absolute Gasteiger partial charge is 0.419 e. The van der Waals surface area contributed by atoms with Crippen molar-refractivity contribution >= 4 is 21.9 Å². The third-order valence-corrected chi connectivity index (χ3v) is 2.74. The number of hydrogen-bond acceptors (Lipinski definition) is 3. The van der Waals surface area contributed by atoms with Crippen LogP contribution in [0.25, 0.3) is 0 Å². The van der Waals surface area contributed by atoms with Gasteiger partial charge in [0.25, 0.3) is 6.43 Å². The third kappa shape index (κ3) is 3.85. The van der Waals surface area contributed by atoms with E-state index < -0.39 is 46.4 Å². The molecule has 0 fully saturated rings. The first-order valence-electron chi connectivity index (χ1n) is 4.78. The molecule has 0 spiro atoms. The predicted molar refractivity (Wildman–Crippen MR) is 57.6 cm³/mol. The first kappa shape index (κ1) is 15.8. The number of alkyl halides is 5. The Balaban J connectivity index is 3.40. The summed E-state index contributed by atoms with van der Waals surface area (Å²) >= 11 is 2.57. The molecule has 0 aliphatic rings. The SMILES string of the molecule is COC(=O)Cc1nc(C(F)F)cc(Br)c1C(F)(F)F. The number of rotatable bonds is 3. The Labute approximate surface area is 112 Å². The van der Waals surface area contributed by atoms with Crippen LogP contribution in [0.15, 0.2) is 10.5 Å².